The van der Waals surface area contributed by atoms with Crippen LogP contribution in [0.3, 0.4) is 0 Å². The number of hydrogen-bond donors (Lipinski definition) is 3. The van der Waals surface area contributed by atoms with Crippen LogP contribution in [0.5, 0.6) is 5.88 Å². The number of ether oxygens (including phenoxy) is 1. The molecule has 3 heterocycles. The highest BCUT2D eigenvalue weighted by atomic mass is 32.1. The monoisotopic (exact) mass is 406 g/mol. The number of amides is 2. The summed E-state index contributed by atoms with van der Waals surface area (Å²) in [4.78, 5) is 21.1. The van der Waals surface area contributed by atoms with E-state index in [1.54, 1.807) is 24.6 Å². The summed E-state index contributed by atoms with van der Waals surface area (Å²) in [6.45, 7) is 0.845. The smallest absolute Gasteiger partial charge is 0.315 e. The van der Waals surface area contributed by atoms with Gasteiger partial charge in [0.1, 0.15) is 0 Å². The average molecular weight is 407 g/mol. The van der Waals surface area contributed by atoms with Crippen LogP contribution < -0.4 is 15.4 Å². The third-order valence-corrected chi connectivity index (χ3v) is 5.82. The fraction of sp³-hybridized carbons (Fsp3) is 0.182. The second kappa shape index (κ2) is 8.79. The van der Waals surface area contributed by atoms with E-state index < -0.39 is 0 Å². The Kier molecular flexibility index (Phi) is 5.76. The molecule has 29 heavy (non-hydrogen) atoms. The number of H-pyrrole nitrogens is 1. The topological polar surface area (TPSA) is 79.0 Å². The van der Waals surface area contributed by atoms with Crippen molar-refractivity contribution in [3.05, 3.63) is 82.3 Å². The molecular weight excluding hydrogens is 384 g/mol. The molecule has 2 amide bonds. The number of thiophene rings is 1. The van der Waals surface area contributed by atoms with Gasteiger partial charge in [0.25, 0.3) is 0 Å². The number of fused-ring (bicyclic) bond motifs is 1. The summed E-state index contributed by atoms with van der Waals surface area (Å²) in [7, 11) is 1.57. The van der Waals surface area contributed by atoms with Crippen LogP contribution in [0.4, 0.5) is 4.79 Å². The van der Waals surface area contributed by atoms with E-state index in [-0.39, 0.29) is 11.9 Å². The number of methoxy groups -OCH3 is 1. The van der Waals surface area contributed by atoms with E-state index in [4.69, 9.17) is 4.74 Å². The van der Waals surface area contributed by atoms with Gasteiger partial charge in [-0.3, -0.25) is 0 Å². The third-order valence-electron chi connectivity index (χ3n) is 4.83. The number of aromatic amines is 1. The van der Waals surface area contributed by atoms with E-state index in [0.717, 1.165) is 11.1 Å². The summed E-state index contributed by atoms with van der Waals surface area (Å²) in [5.41, 5.74) is 3.10. The maximum absolute atomic E-state index is 12.4. The fourth-order valence-electron chi connectivity index (χ4n) is 3.41. The predicted octanol–water partition coefficient (Wildman–Crippen LogP) is 4.26. The number of rotatable bonds is 7. The van der Waals surface area contributed by atoms with Gasteiger partial charge in [0, 0.05) is 52.7 Å². The van der Waals surface area contributed by atoms with Crippen molar-refractivity contribution in [2.45, 2.75) is 12.5 Å². The zero-order valence-electron chi connectivity index (χ0n) is 16.0. The molecular formula is C22H22N4O2S. The molecule has 1 aromatic carbocycles. The van der Waals surface area contributed by atoms with Crippen molar-refractivity contribution in [1.82, 2.24) is 20.6 Å². The first-order valence-corrected chi connectivity index (χ1v) is 10.2. The van der Waals surface area contributed by atoms with Crippen molar-refractivity contribution >= 4 is 28.3 Å². The number of pyridine rings is 1. The number of hydrogen-bond acceptors (Lipinski definition) is 4. The molecule has 0 saturated heterocycles. The molecule has 0 aliphatic heterocycles. The molecule has 1 atom stereocenters. The highest BCUT2D eigenvalue weighted by molar-refractivity contribution is 7.10. The largest absolute Gasteiger partial charge is 0.481 e. The van der Waals surface area contributed by atoms with Crippen LogP contribution in [0, 0.1) is 0 Å². The lowest BCUT2D eigenvalue weighted by atomic mass is 9.97. The van der Waals surface area contributed by atoms with Crippen LogP contribution in [0.1, 0.15) is 21.9 Å². The fourth-order valence-corrected chi connectivity index (χ4v) is 4.26. The summed E-state index contributed by atoms with van der Waals surface area (Å²) in [5.74, 6) is 0.591. The Morgan fingerprint density at radius 1 is 1.17 bits per heavy atom. The molecule has 3 N–H and O–H groups in total. The van der Waals surface area contributed by atoms with Crippen molar-refractivity contribution < 1.29 is 9.53 Å². The van der Waals surface area contributed by atoms with Gasteiger partial charge in [-0.25, -0.2) is 9.78 Å². The van der Waals surface area contributed by atoms with Gasteiger partial charge in [0.2, 0.25) is 5.88 Å². The van der Waals surface area contributed by atoms with Crippen LogP contribution in [0.2, 0.25) is 0 Å². The van der Waals surface area contributed by atoms with E-state index >= 15 is 0 Å². The average Bonchev–Trinajstić information content (AvgIpc) is 3.43. The second-order valence-corrected chi connectivity index (χ2v) is 7.57. The lowest BCUT2D eigenvalue weighted by molar-refractivity contribution is 0.240. The zero-order chi connectivity index (χ0) is 20.1. The normalized spacial score (nSPS) is 11.9. The van der Waals surface area contributed by atoms with Crippen molar-refractivity contribution in [3.63, 3.8) is 0 Å². The molecule has 1 unspecified atom stereocenters. The van der Waals surface area contributed by atoms with E-state index in [0.29, 0.717) is 19.0 Å². The van der Waals surface area contributed by atoms with Crippen LogP contribution in [-0.4, -0.2) is 29.7 Å². The number of para-hydroxylation sites is 1. The maximum atomic E-state index is 12.4. The molecule has 0 aliphatic rings. The highest BCUT2D eigenvalue weighted by Gasteiger charge is 2.20. The SMILES string of the molecule is COc1ncccc1CNC(=O)NCC(c1cccs1)c1c[nH]c2ccccc12. The van der Waals surface area contributed by atoms with Crippen molar-refractivity contribution in [1.29, 1.82) is 0 Å². The van der Waals surface area contributed by atoms with E-state index in [1.807, 2.05) is 36.5 Å². The number of carbonyl (C=O) groups is 1. The maximum Gasteiger partial charge on any atom is 0.315 e. The number of benzene rings is 1. The third kappa shape index (κ3) is 4.25. The van der Waals surface area contributed by atoms with E-state index in [9.17, 15) is 4.79 Å². The Bertz CT molecular complexity index is 1090. The van der Waals surface area contributed by atoms with Crippen LogP contribution >= 0.6 is 11.3 Å². The van der Waals surface area contributed by atoms with Crippen molar-refractivity contribution in [3.8, 4) is 5.88 Å². The van der Waals surface area contributed by atoms with Gasteiger partial charge in [0.05, 0.1) is 7.11 Å². The number of carbonyl (C=O) groups excluding carboxylic acids is 1. The Morgan fingerprint density at radius 3 is 2.90 bits per heavy atom. The Morgan fingerprint density at radius 2 is 2.07 bits per heavy atom. The van der Waals surface area contributed by atoms with Gasteiger partial charge >= 0.3 is 6.03 Å². The van der Waals surface area contributed by atoms with Crippen LogP contribution in [0.15, 0.2) is 66.3 Å². The van der Waals surface area contributed by atoms with Crippen LogP contribution in [-0.2, 0) is 6.54 Å². The van der Waals surface area contributed by atoms with E-state index in [2.05, 4.69) is 44.2 Å². The lowest BCUT2D eigenvalue weighted by Gasteiger charge is -2.17. The quantitative estimate of drug-likeness (QED) is 0.429. The molecule has 0 fully saturated rings. The van der Waals surface area contributed by atoms with Gasteiger partial charge in [0.15, 0.2) is 0 Å². The Balaban J connectivity index is 1.46. The summed E-state index contributed by atoms with van der Waals surface area (Å²) in [6, 6.07) is 15.8. The predicted molar refractivity (Wildman–Crippen MR) is 115 cm³/mol. The minimum Gasteiger partial charge on any atom is -0.481 e. The summed E-state index contributed by atoms with van der Waals surface area (Å²) < 4.78 is 5.23. The van der Waals surface area contributed by atoms with Crippen molar-refractivity contribution in [2.24, 2.45) is 0 Å². The number of nitrogens with one attached hydrogen (secondary N) is 3. The van der Waals surface area contributed by atoms with Gasteiger partial charge in [-0.15, -0.1) is 11.3 Å². The van der Waals surface area contributed by atoms with Gasteiger partial charge in [-0.1, -0.05) is 30.3 Å². The molecule has 0 spiro atoms. The van der Waals surface area contributed by atoms with Gasteiger partial charge in [-0.2, -0.15) is 0 Å². The molecule has 0 saturated carbocycles. The number of nitrogens with zero attached hydrogens (tertiary/aromatic N) is 1. The lowest BCUT2D eigenvalue weighted by Crippen LogP contribution is -2.37. The molecule has 3 aromatic heterocycles. The molecule has 7 heteroatoms. The Labute approximate surface area is 172 Å². The van der Waals surface area contributed by atoms with Gasteiger partial charge in [-0.05, 0) is 29.1 Å². The standard InChI is InChI=1S/C22H22N4O2S/c1-28-21-15(6-4-10-23-21)12-25-22(27)26-14-18(20-9-5-11-29-20)17-13-24-19-8-3-2-7-16(17)19/h2-11,13,18,24H,12,14H2,1H3,(H2,25,26,27). The molecule has 4 rings (SSSR count). The summed E-state index contributed by atoms with van der Waals surface area (Å²) in [5, 5.41) is 9.13. The first-order valence-electron chi connectivity index (χ1n) is 9.35. The molecule has 6 nitrogen and oxygen atoms in total. The van der Waals surface area contributed by atoms with Crippen LogP contribution in [0.25, 0.3) is 10.9 Å². The molecule has 148 valence electrons. The highest BCUT2D eigenvalue weighted by Crippen LogP contribution is 2.32. The van der Waals surface area contributed by atoms with Gasteiger partial charge < -0.3 is 20.4 Å². The summed E-state index contributed by atoms with van der Waals surface area (Å²) >= 11 is 1.69. The molecule has 0 aliphatic carbocycles. The van der Waals surface area contributed by atoms with Crippen molar-refractivity contribution in [2.75, 3.05) is 13.7 Å². The minimum atomic E-state index is -0.225. The zero-order valence-corrected chi connectivity index (χ0v) is 16.8. The van der Waals surface area contributed by atoms with E-state index in [1.165, 1.54) is 15.8 Å². The Hall–Kier alpha value is -3.32. The number of urea groups is 1. The summed E-state index contributed by atoms with van der Waals surface area (Å²) in [6.07, 6.45) is 3.70. The molecule has 0 radical (unpaired) electrons. The first kappa shape index (κ1) is 19.0. The minimum absolute atomic E-state index is 0.0739. The molecule has 4 aromatic rings. The second-order valence-electron chi connectivity index (χ2n) is 6.59. The first-order chi connectivity index (χ1) is 14.3. The molecule has 0 bridgehead atoms. The number of aromatic nitrogens is 2.